The van der Waals surface area contributed by atoms with Crippen LogP contribution in [0.2, 0.25) is 0 Å². The van der Waals surface area contributed by atoms with Gasteiger partial charge < -0.3 is 10.0 Å². The van der Waals surface area contributed by atoms with E-state index in [1.165, 1.54) is 16.7 Å². The Labute approximate surface area is 199 Å². The molecule has 2 N–H and O–H groups in total. The predicted molar refractivity (Wildman–Crippen MR) is 139 cm³/mol. The minimum atomic E-state index is -1.53. The zero-order chi connectivity index (χ0) is 23.1. The molecule has 0 amide bonds. The minimum Gasteiger partial charge on any atom is -0.423 e. The Morgan fingerprint density at radius 1 is 0.471 bits per heavy atom. The van der Waals surface area contributed by atoms with Gasteiger partial charge in [0, 0.05) is 0 Å². The predicted octanol–water partition coefficient (Wildman–Crippen LogP) is 5.40. The van der Waals surface area contributed by atoms with Crippen LogP contribution < -0.4 is 5.46 Å². The van der Waals surface area contributed by atoms with E-state index in [1.54, 1.807) is 0 Å². The molecule has 0 aliphatic heterocycles. The molecule has 0 bridgehead atoms. The third kappa shape index (κ3) is 3.06. The van der Waals surface area contributed by atoms with Crippen molar-refractivity contribution in [2.75, 3.05) is 0 Å². The van der Waals surface area contributed by atoms with E-state index < -0.39 is 12.5 Å². The summed E-state index contributed by atoms with van der Waals surface area (Å²) in [5.74, 6) is 0. The van der Waals surface area contributed by atoms with Crippen molar-refractivity contribution in [3.63, 3.8) is 0 Å². The average Bonchev–Trinajstić information content (AvgIpc) is 3.20. The van der Waals surface area contributed by atoms with Gasteiger partial charge in [-0.1, -0.05) is 121 Å². The van der Waals surface area contributed by atoms with Crippen LogP contribution in [0.4, 0.5) is 0 Å². The van der Waals surface area contributed by atoms with Crippen molar-refractivity contribution in [2.45, 2.75) is 5.41 Å². The maximum absolute atomic E-state index is 10.0. The Hall–Kier alpha value is -3.92. The molecule has 0 aromatic heterocycles. The molecule has 34 heavy (non-hydrogen) atoms. The molecule has 0 heterocycles. The number of fused-ring (bicyclic) bond motifs is 3. The second-order valence-corrected chi connectivity index (χ2v) is 8.79. The fraction of sp³-hybridized carbons (Fsp3) is 0.0323. The van der Waals surface area contributed by atoms with Crippen LogP contribution in [0.15, 0.2) is 127 Å². The second-order valence-electron chi connectivity index (χ2n) is 8.79. The lowest BCUT2D eigenvalue weighted by Crippen LogP contribution is -2.33. The van der Waals surface area contributed by atoms with E-state index in [9.17, 15) is 10.0 Å². The second kappa shape index (κ2) is 8.14. The van der Waals surface area contributed by atoms with E-state index in [1.807, 2.05) is 36.4 Å². The third-order valence-corrected chi connectivity index (χ3v) is 6.98. The Bertz CT molecular complexity index is 1420. The largest absolute Gasteiger partial charge is 0.488 e. The molecule has 0 saturated heterocycles. The van der Waals surface area contributed by atoms with Crippen LogP contribution in [0.3, 0.4) is 0 Å². The van der Waals surface area contributed by atoms with E-state index in [0.717, 1.165) is 27.8 Å². The lowest BCUT2D eigenvalue weighted by Gasteiger charge is -2.34. The van der Waals surface area contributed by atoms with Crippen molar-refractivity contribution in [3.8, 4) is 22.3 Å². The number of benzene rings is 5. The molecular weight excluding hydrogens is 415 g/mol. The van der Waals surface area contributed by atoms with Gasteiger partial charge in [0.05, 0.1) is 5.41 Å². The molecular formula is C31H23BO2. The molecule has 0 fully saturated rings. The Balaban J connectivity index is 1.73. The fourth-order valence-corrected chi connectivity index (χ4v) is 5.48. The SMILES string of the molecule is OB(O)c1ccc2c(c1)C(c1ccccc1)(c1ccccc1)c1ccc(-c3ccccc3)cc1-2. The lowest BCUT2D eigenvalue weighted by molar-refractivity contribution is 0.425. The Morgan fingerprint density at radius 3 is 1.65 bits per heavy atom. The monoisotopic (exact) mass is 438 g/mol. The van der Waals surface area contributed by atoms with Crippen molar-refractivity contribution in [1.82, 2.24) is 0 Å². The molecule has 0 saturated carbocycles. The van der Waals surface area contributed by atoms with Crippen LogP contribution in [-0.4, -0.2) is 17.2 Å². The van der Waals surface area contributed by atoms with Crippen molar-refractivity contribution in [2.24, 2.45) is 0 Å². The first-order chi connectivity index (χ1) is 16.7. The van der Waals surface area contributed by atoms with E-state index in [-0.39, 0.29) is 0 Å². The maximum Gasteiger partial charge on any atom is 0.488 e. The molecule has 5 aromatic carbocycles. The number of rotatable bonds is 4. The molecule has 1 aliphatic rings. The van der Waals surface area contributed by atoms with Crippen molar-refractivity contribution >= 4 is 12.6 Å². The molecule has 2 nitrogen and oxygen atoms in total. The molecule has 162 valence electrons. The highest BCUT2D eigenvalue weighted by atomic mass is 16.4. The van der Waals surface area contributed by atoms with E-state index in [0.29, 0.717) is 5.46 Å². The summed E-state index contributed by atoms with van der Waals surface area (Å²) >= 11 is 0. The van der Waals surface area contributed by atoms with Crippen LogP contribution in [0.5, 0.6) is 0 Å². The Kier molecular flexibility index (Phi) is 4.95. The van der Waals surface area contributed by atoms with Crippen LogP contribution >= 0.6 is 0 Å². The standard InChI is InChI=1S/C31H23BO2/c33-32(34)26-17-18-27-28-20-23(22-10-4-1-5-11-22)16-19-29(28)31(30(27)21-26,24-12-6-2-7-13-24)25-14-8-3-9-15-25/h1-21,33-34H. The first-order valence-electron chi connectivity index (χ1n) is 11.5. The van der Waals surface area contributed by atoms with Crippen molar-refractivity contribution in [1.29, 1.82) is 0 Å². The molecule has 5 aromatic rings. The maximum atomic E-state index is 10.0. The quantitative estimate of drug-likeness (QED) is 0.362. The van der Waals surface area contributed by atoms with Gasteiger partial charge in [-0.15, -0.1) is 0 Å². The smallest absolute Gasteiger partial charge is 0.423 e. The van der Waals surface area contributed by atoms with E-state index in [2.05, 4.69) is 91.0 Å². The summed E-state index contributed by atoms with van der Waals surface area (Å²) in [5, 5.41) is 20.1. The molecule has 3 heteroatoms. The molecule has 6 rings (SSSR count). The summed E-state index contributed by atoms with van der Waals surface area (Å²) in [6.45, 7) is 0. The number of hydrogen-bond acceptors (Lipinski definition) is 2. The lowest BCUT2D eigenvalue weighted by atomic mass is 9.66. The zero-order valence-electron chi connectivity index (χ0n) is 18.6. The van der Waals surface area contributed by atoms with E-state index in [4.69, 9.17) is 0 Å². The first-order valence-corrected chi connectivity index (χ1v) is 11.5. The third-order valence-electron chi connectivity index (χ3n) is 6.98. The summed E-state index contributed by atoms with van der Waals surface area (Å²) in [6, 6.07) is 43.9. The summed E-state index contributed by atoms with van der Waals surface area (Å²) in [5.41, 5.74) is 9.11. The highest BCUT2D eigenvalue weighted by molar-refractivity contribution is 6.58. The molecule has 0 unspecified atom stereocenters. The Morgan fingerprint density at radius 2 is 1.06 bits per heavy atom. The molecule has 1 aliphatic carbocycles. The average molecular weight is 438 g/mol. The van der Waals surface area contributed by atoms with Crippen LogP contribution in [0.1, 0.15) is 22.3 Å². The molecule has 0 atom stereocenters. The van der Waals surface area contributed by atoms with Crippen molar-refractivity contribution in [3.05, 3.63) is 150 Å². The molecule has 0 spiro atoms. The summed E-state index contributed by atoms with van der Waals surface area (Å²) in [6.07, 6.45) is 0. The normalized spacial score (nSPS) is 13.2. The van der Waals surface area contributed by atoms with Gasteiger partial charge in [-0.05, 0) is 56.0 Å². The highest BCUT2D eigenvalue weighted by Gasteiger charge is 2.46. The first kappa shape index (κ1) is 20.7. The van der Waals surface area contributed by atoms with Gasteiger partial charge in [-0.25, -0.2) is 0 Å². The number of hydrogen-bond donors (Lipinski definition) is 2. The van der Waals surface area contributed by atoms with Gasteiger partial charge in [-0.3, -0.25) is 0 Å². The highest BCUT2D eigenvalue weighted by Crippen LogP contribution is 2.56. The summed E-state index contributed by atoms with van der Waals surface area (Å²) in [7, 11) is -1.53. The van der Waals surface area contributed by atoms with Gasteiger partial charge in [0.1, 0.15) is 0 Å². The molecule has 0 radical (unpaired) electrons. The zero-order valence-corrected chi connectivity index (χ0v) is 18.6. The summed E-state index contributed by atoms with van der Waals surface area (Å²) < 4.78 is 0. The van der Waals surface area contributed by atoms with Gasteiger partial charge in [0.25, 0.3) is 0 Å². The van der Waals surface area contributed by atoms with Crippen LogP contribution in [-0.2, 0) is 5.41 Å². The van der Waals surface area contributed by atoms with Gasteiger partial charge in [0.15, 0.2) is 0 Å². The fourth-order valence-electron chi connectivity index (χ4n) is 5.48. The minimum absolute atomic E-state index is 0.492. The van der Waals surface area contributed by atoms with Gasteiger partial charge in [0.2, 0.25) is 0 Å². The van der Waals surface area contributed by atoms with Crippen molar-refractivity contribution < 1.29 is 10.0 Å². The van der Waals surface area contributed by atoms with Gasteiger partial charge >= 0.3 is 7.12 Å². The van der Waals surface area contributed by atoms with Crippen LogP contribution in [0, 0.1) is 0 Å². The van der Waals surface area contributed by atoms with Crippen LogP contribution in [0.25, 0.3) is 22.3 Å². The topological polar surface area (TPSA) is 40.5 Å². The summed E-state index contributed by atoms with van der Waals surface area (Å²) in [4.78, 5) is 0. The van der Waals surface area contributed by atoms with E-state index >= 15 is 0 Å². The van der Waals surface area contributed by atoms with Gasteiger partial charge in [-0.2, -0.15) is 0 Å².